The molecule has 1 heterocycles. The van der Waals surface area contributed by atoms with Crippen molar-refractivity contribution in [3.05, 3.63) is 40.9 Å². The average Bonchev–Trinajstić information content (AvgIpc) is 2.88. The molecule has 6 nitrogen and oxygen atoms in total. The number of anilines is 2. The summed E-state index contributed by atoms with van der Waals surface area (Å²) in [5, 5.41) is 15.7. The molecule has 0 bridgehead atoms. The molecule has 2 aromatic rings. The topological polar surface area (TPSA) is 94.9 Å². The van der Waals surface area contributed by atoms with Crippen molar-refractivity contribution in [3.8, 4) is 6.07 Å². The van der Waals surface area contributed by atoms with E-state index in [-0.39, 0.29) is 5.78 Å². The van der Waals surface area contributed by atoms with E-state index < -0.39 is 6.03 Å². The van der Waals surface area contributed by atoms with Crippen LogP contribution in [0.1, 0.15) is 23.0 Å². The maximum atomic E-state index is 11.7. The molecule has 2 amide bonds. The zero-order valence-electron chi connectivity index (χ0n) is 10.5. The summed E-state index contributed by atoms with van der Waals surface area (Å²) in [5.41, 5.74) is 1.40. The molecule has 1 aromatic carbocycles. The first kappa shape index (κ1) is 13.7. The molecule has 0 saturated heterocycles. The van der Waals surface area contributed by atoms with Crippen LogP contribution in [0.2, 0.25) is 0 Å². The number of hydrogen-bond donors (Lipinski definition) is 2. The molecular weight excluding hydrogens is 276 g/mol. The number of amides is 2. The molecule has 0 unspecified atom stereocenters. The number of rotatable bonds is 3. The molecule has 0 fully saturated rings. The maximum absolute atomic E-state index is 11.7. The van der Waals surface area contributed by atoms with Gasteiger partial charge in [-0.1, -0.05) is 0 Å². The van der Waals surface area contributed by atoms with Crippen molar-refractivity contribution in [1.82, 2.24) is 4.98 Å². The molecule has 0 aliphatic carbocycles. The van der Waals surface area contributed by atoms with Gasteiger partial charge >= 0.3 is 6.03 Å². The minimum atomic E-state index is -0.459. The smallest absolute Gasteiger partial charge is 0.308 e. The molecule has 0 radical (unpaired) electrons. The van der Waals surface area contributed by atoms with Gasteiger partial charge in [-0.15, -0.1) is 11.3 Å². The molecule has 2 N–H and O–H groups in total. The lowest BCUT2D eigenvalue weighted by Crippen LogP contribution is -2.19. The van der Waals surface area contributed by atoms with Crippen LogP contribution in [0.3, 0.4) is 0 Å². The van der Waals surface area contributed by atoms with Crippen molar-refractivity contribution in [2.45, 2.75) is 6.92 Å². The molecule has 2 rings (SSSR count). The fourth-order valence-corrected chi connectivity index (χ4v) is 2.13. The number of thiazole rings is 1. The van der Waals surface area contributed by atoms with Crippen molar-refractivity contribution >= 4 is 34.0 Å². The second-order valence-corrected chi connectivity index (χ2v) is 4.72. The van der Waals surface area contributed by atoms with E-state index in [2.05, 4.69) is 15.6 Å². The molecule has 100 valence electrons. The monoisotopic (exact) mass is 286 g/mol. The quantitative estimate of drug-likeness (QED) is 0.848. The number of ketones is 1. The average molecular weight is 286 g/mol. The Morgan fingerprint density at radius 1 is 1.25 bits per heavy atom. The van der Waals surface area contributed by atoms with Crippen LogP contribution in [-0.4, -0.2) is 16.8 Å². The maximum Gasteiger partial charge on any atom is 0.325 e. The van der Waals surface area contributed by atoms with Crippen molar-refractivity contribution in [2.75, 3.05) is 10.6 Å². The van der Waals surface area contributed by atoms with Gasteiger partial charge in [0.2, 0.25) is 0 Å². The summed E-state index contributed by atoms with van der Waals surface area (Å²) >= 11 is 1.18. The molecule has 1 aromatic heterocycles. The van der Waals surface area contributed by atoms with Crippen LogP contribution in [0, 0.1) is 11.3 Å². The summed E-state index contributed by atoms with van der Waals surface area (Å²) in [6, 6.07) is 7.99. The van der Waals surface area contributed by atoms with Crippen molar-refractivity contribution in [3.63, 3.8) is 0 Å². The van der Waals surface area contributed by atoms with Gasteiger partial charge in [0.1, 0.15) is 5.69 Å². The molecule has 0 aliphatic rings. The Kier molecular flexibility index (Phi) is 4.08. The fraction of sp³-hybridized carbons (Fsp3) is 0.0769. The minimum Gasteiger partial charge on any atom is -0.308 e. The Labute approximate surface area is 119 Å². The molecule has 7 heteroatoms. The van der Waals surface area contributed by atoms with Crippen LogP contribution in [0.5, 0.6) is 0 Å². The number of nitrogens with zero attached hydrogens (tertiary/aromatic N) is 2. The Balaban J connectivity index is 1.97. The summed E-state index contributed by atoms with van der Waals surface area (Å²) in [7, 11) is 0. The van der Waals surface area contributed by atoms with Gasteiger partial charge in [-0.25, -0.2) is 9.78 Å². The highest BCUT2D eigenvalue weighted by Gasteiger charge is 2.09. The zero-order valence-corrected chi connectivity index (χ0v) is 11.3. The van der Waals surface area contributed by atoms with E-state index in [0.29, 0.717) is 22.1 Å². The third-order valence-electron chi connectivity index (χ3n) is 2.36. The van der Waals surface area contributed by atoms with E-state index in [9.17, 15) is 9.59 Å². The lowest BCUT2D eigenvalue weighted by molar-refractivity contribution is 0.101. The normalized spacial score (nSPS) is 9.60. The Hall–Kier alpha value is -2.72. The number of benzene rings is 1. The Bertz CT molecular complexity index is 685. The van der Waals surface area contributed by atoms with Crippen LogP contribution < -0.4 is 10.6 Å². The van der Waals surface area contributed by atoms with Gasteiger partial charge in [0.15, 0.2) is 10.9 Å². The molecule has 0 atom stereocenters. The fourth-order valence-electron chi connectivity index (χ4n) is 1.38. The largest absolute Gasteiger partial charge is 0.325 e. The van der Waals surface area contributed by atoms with E-state index >= 15 is 0 Å². The van der Waals surface area contributed by atoms with Gasteiger partial charge in [0, 0.05) is 18.0 Å². The van der Waals surface area contributed by atoms with Gasteiger partial charge in [-0.2, -0.15) is 5.26 Å². The first-order valence-electron chi connectivity index (χ1n) is 5.63. The van der Waals surface area contributed by atoms with Gasteiger partial charge in [0.05, 0.1) is 11.6 Å². The minimum absolute atomic E-state index is 0.151. The second kappa shape index (κ2) is 5.95. The first-order chi connectivity index (χ1) is 9.58. The number of Topliss-reactive ketones (excluding diaryl/α,β-unsaturated/α-hetero) is 1. The lowest BCUT2D eigenvalue weighted by Gasteiger charge is -2.04. The number of urea groups is 1. The van der Waals surface area contributed by atoms with Crippen LogP contribution in [-0.2, 0) is 0 Å². The van der Waals surface area contributed by atoms with Gasteiger partial charge in [-0.3, -0.25) is 10.1 Å². The zero-order chi connectivity index (χ0) is 14.5. The molecule has 0 aliphatic heterocycles. The van der Waals surface area contributed by atoms with Gasteiger partial charge in [0.25, 0.3) is 0 Å². The molecule has 20 heavy (non-hydrogen) atoms. The summed E-state index contributed by atoms with van der Waals surface area (Å²) in [6.07, 6.45) is 0. The third-order valence-corrected chi connectivity index (χ3v) is 3.11. The second-order valence-electron chi connectivity index (χ2n) is 3.86. The van der Waals surface area contributed by atoms with Crippen LogP contribution in [0.25, 0.3) is 0 Å². The summed E-state index contributed by atoms with van der Waals surface area (Å²) in [5.74, 6) is -0.151. The van der Waals surface area contributed by atoms with Crippen LogP contribution >= 0.6 is 11.3 Å². The van der Waals surface area contributed by atoms with E-state index in [4.69, 9.17) is 5.26 Å². The highest BCUT2D eigenvalue weighted by molar-refractivity contribution is 7.14. The Morgan fingerprint density at radius 3 is 2.50 bits per heavy atom. The van der Waals surface area contributed by atoms with Crippen molar-refractivity contribution in [1.29, 1.82) is 5.26 Å². The van der Waals surface area contributed by atoms with Crippen molar-refractivity contribution < 1.29 is 9.59 Å². The lowest BCUT2D eigenvalue weighted by atomic mass is 10.2. The molecule has 0 spiro atoms. The predicted octanol–water partition coefficient (Wildman–Crippen LogP) is 2.86. The summed E-state index contributed by atoms with van der Waals surface area (Å²) < 4.78 is 0. The SMILES string of the molecule is CC(=O)c1csc(NC(=O)Nc2ccc(C#N)cc2)n1. The van der Waals surface area contributed by atoms with E-state index in [0.717, 1.165) is 0 Å². The highest BCUT2D eigenvalue weighted by atomic mass is 32.1. The number of nitriles is 1. The number of nitrogens with one attached hydrogen (secondary N) is 2. The Morgan fingerprint density at radius 2 is 1.95 bits per heavy atom. The molecular formula is C13H10N4O2S. The van der Waals surface area contributed by atoms with Crippen LogP contribution in [0.4, 0.5) is 15.6 Å². The number of hydrogen-bond acceptors (Lipinski definition) is 5. The van der Waals surface area contributed by atoms with E-state index in [1.54, 1.807) is 29.6 Å². The number of aromatic nitrogens is 1. The van der Waals surface area contributed by atoms with E-state index in [1.807, 2.05) is 6.07 Å². The number of carbonyl (C=O) groups is 2. The number of carbonyl (C=O) groups excluding carboxylic acids is 2. The third kappa shape index (κ3) is 3.40. The van der Waals surface area contributed by atoms with Gasteiger partial charge < -0.3 is 5.32 Å². The first-order valence-corrected chi connectivity index (χ1v) is 6.51. The van der Waals surface area contributed by atoms with Gasteiger partial charge in [-0.05, 0) is 24.3 Å². The standard InChI is InChI=1S/C13H10N4O2S/c1-8(18)11-7-20-13(16-11)17-12(19)15-10-4-2-9(6-14)3-5-10/h2-5,7H,1H3,(H2,15,16,17,19). The van der Waals surface area contributed by atoms with Crippen LogP contribution in [0.15, 0.2) is 29.6 Å². The van der Waals surface area contributed by atoms with Crippen molar-refractivity contribution in [2.24, 2.45) is 0 Å². The van der Waals surface area contributed by atoms with E-state index in [1.165, 1.54) is 18.3 Å². The highest BCUT2D eigenvalue weighted by Crippen LogP contribution is 2.16. The molecule has 0 saturated carbocycles. The summed E-state index contributed by atoms with van der Waals surface area (Å²) in [6.45, 7) is 1.41. The predicted molar refractivity (Wildman–Crippen MR) is 75.9 cm³/mol. The summed E-state index contributed by atoms with van der Waals surface area (Å²) in [4.78, 5) is 26.8.